The van der Waals surface area contributed by atoms with E-state index in [0.717, 1.165) is 11.1 Å². The zero-order chi connectivity index (χ0) is 22.7. The molecular weight excluding hydrogens is 409 g/mol. The maximum atomic E-state index is 13.3. The molecule has 4 rings (SSSR count). The highest BCUT2D eigenvalue weighted by molar-refractivity contribution is 5.85. The molecule has 3 N–H and O–H groups in total. The second-order valence-electron chi connectivity index (χ2n) is 7.58. The Kier molecular flexibility index (Phi) is 5.98. The van der Waals surface area contributed by atoms with Gasteiger partial charge in [-0.3, -0.25) is 0 Å². The van der Waals surface area contributed by atoms with Gasteiger partial charge in [0, 0.05) is 24.5 Å². The van der Waals surface area contributed by atoms with Gasteiger partial charge in [0.1, 0.15) is 18.2 Å². The number of anilines is 2. The van der Waals surface area contributed by atoms with Crippen molar-refractivity contribution in [2.75, 3.05) is 17.7 Å². The summed E-state index contributed by atoms with van der Waals surface area (Å²) in [6, 6.07) is 9.93. The summed E-state index contributed by atoms with van der Waals surface area (Å²) in [6.07, 6.45) is 5.38. The van der Waals surface area contributed by atoms with Gasteiger partial charge in [0.15, 0.2) is 11.5 Å². The first kappa shape index (κ1) is 21.2. The van der Waals surface area contributed by atoms with E-state index in [9.17, 15) is 4.39 Å². The lowest BCUT2D eigenvalue weighted by atomic mass is 10.1. The molecule has 0 saturated carbocycles. The SMILES string of the molecule is CC(C)=CCOc1nc(N[C@@H](C)c2ccc(F)cc2)cc(-c2c(N)nn3cccnc23)n1. The molecule has 3 heterocycles. The van der Waals surface area contributed by atoms with Crippen LogP contribution in [0.1, 0.15) is 32.4 Å². The van der Waals surface area contributed by atoms with Crippen LogP contribution in [0.2, 0.25) is 0 Å². The van der Waals surface area contributed by atoms with Crippen LogP contribution < -0.4 is 15.8 Å². The molecule has 9 heteroatoms. The fourth-order valence-corrected chi connectivity index (χ4v) is 3.18. The van der Waals surface area contributed by atoms with Gasteiger partial charge >= 0.3 is 6.01 Å². The fourth-order valence-electron chi connectivity index (χ4n) is 3.18. The van der Waals surface area contributed by atoms with E-state index in [1.807, 2.05) is 26.8 Å². The van der Waals surface area contributed by atoms with Crippen molar-refractivity contribution in [2.24, 2.45) is 0 Å². The molecule has 1 atom stereocenters. The van der Waals surface area contributed by atoms with Crippen LogP contribution in [-0.4, -0.2) is 31.2 Å². The summed E-state index contributed by atoms with van der Waals surface area (Å²) in [6.45, 7) is 6.28. The van der Waals surface area contributed by atoms with Gasteiger partial charge < -0.3 is 15.8 Å². The summed E-state index contributed by atoms with van der Waals surface area (Å²) in [4.78, 5) is 13.4. The number of aromatic nitrogens is 5. The van der Waals surface area contributed by atoms with E-state index in [0.29, 0.717) is 35.1 Å². The number of nitrogens with one attached hydrogen (secondary N) is 1. The molecule has 164 valence electrons. The van der Waals surface area contributed by atoms with Crippen molar-refractivity contribution in [1.29, 1.82) is 0 Å². The Labute approximate surface area is 185 Å². The number of allylic oxidation sites excluding steroid dienone is 1. The van der Waals surface area contributed by atoms with Crippen LogP contribution in [0.4, 0.5) is 16.0 Å². The molecule has 0 saturated heterocycles. The summed E-state index contributed by atoms with van der Waals surface area (Å²) >= 11 is 0. The largest absolute Gasteiger partial charge is 0.459 e. The van der Waals surface area contributed by atoms with E-state index in [1.165, 1.54) is 12.1 Å². The minimum atomic E-state index is -0.281. The van der Waals surface area contributed by atoms with Crippen molar-refractivity contribution in [3.8, 4) is 17.3 Å². The lowest BCUT2D eigenvalue weighted by molar-refractivity contribution is 0.333. The summed E-state index contributed by atoms with van der Waals surface area (Å²) in [7, 11) is 0. The Morgan fingerprint density at radius 3 is 2.78 bits per heavy atom. The Morgan fingerprint density at radius 1 is 1.25 bits per heavy atom. The van der Waals surface area contributed by atoms with Crippen molar-refractivity contribution < 1.29 is 9.13 Å². The number of nitrogen functional groups attached to an aromatic ring is 1. The summed E-state index contributed by atoms with van der Waals surface area (Å²) in [5.74, 6) is 0.556. The molecule has 0 fully saturated rings. The predicted octanol–water partition coefficient (Wildman–Crippen LogP) is 4.43. The van der Waals surface area contributed by atoms with E-state index in [4.69, 9.17) is 10.5 Å². The van der Waals surface area contributed by atoms with Crippen LogP contribution in [0, 0.1) is 5.82 Å². The van der Waals surface area contributed by atoms with Gasteiger partial charge in [-0.15, -0.1) is 5.10 Å². The predicted molar refractivity (Wildman–Crippen MR) is 122 cm³/mol. The average Bonchev–Trinajstić information content (AvgIpc) is 3.09. The van der Waals surface area contributed by atoms with Crippen LogP contribution in [0.15, 0.2) is 60.4 Å². The Balaban J connectivity index is 1.73. The van der Waals surface area contributed by atoms with E-state index in [2.05, 4.69) is 25.4 Å². The van der Waals surface area contributed by atoms with Crippen molar-refractivity contribution in [2.45, 2.75) is 26.8 Å². The Hall–Kier alpha value is -4.01. The van der Waals surface area contributed by atoms with Crippen LogP contribution in [0.25, 0.3) is 16.9 Å². The molecule has 0 spiro atoms. The van der Waals surface area contributed by atoms with Crippen molar-refractivity contribution >= 4 is 17.3 Å². The number of fused-ring (bicyclic) bond motifs is 1. The zero-order valence-electron chi connectivity index (χ0n) is 18.1. The fraction of sp³-hybridized carbons (Fsp3) is 0.217. The Morgan fingerprint density at radius 2 is 2.03 bits per heavy atom. The Bertz CT molecular complexity index is 1260. The first-order chi connectivity index (χ1) is 15.4. The molecule has 4 aromatic rings. The smallest absolute Gasteiger partial charge is 0.319 e. The highest BCUT2D eigenvalue weighted by atomic mass is 19.1. The van der Waals surface area contributed by atoms with Gasteiger partial charge in [-0.2, -0.15) is 9.97 Å². The number of benzene rings is 1. The van der Waals surface area contributed by atoms with Crippen LogP contribution >= 0.6 is 0 Å². The highest BCUT2D eigenvalue weighted by Crippen LogP contribution is 2.31. The number of nitrogens with two attached hydrogens (primary N) is 1. The highest BCUT2D eigenvalue weighted by Gasteiger charge is 2.18. The third kappa shape index (κ3) is 4.66. The van der Waals surface area contributed by atoms with Gasteiger partial charge in [0.25, 0.3) is 0 Å². The first-order valence-electron chi connectivity index (χ1n) is 10.2. The zero-order valence-corrected chi connectivity index (χ0v) is 18.1. The molecule has 0 bridgehead atoms. The number of halogens is 1. The summed E-state index contributed by atoms with van der Waals surface area (Å²) in [5, 5.41) is 7.65. The van der Waals surface area contributed by atoms with Crippen molar-refractivity contribution in [3.63, 3.8) is 0 Å². The number of hydrogen-bond acceptors (Lipinski definition) is 7. The molecule has 32 heavy (non-hydrogen) atoms. The maximum Gasteiger partial charge on any atom is 0.319 e. The van der Waals surface area contributed by atoms with Crippen molar-refractivity contribution in [1.82, 2.24) is 24.6 Å². The lowest BCUT2D eigenvalue weighted by Gasteiger charge is -2.16. The molecule has 1 aromatic carbocycles. The standard InChI is InChI=1S/C23H24FN7O/c1-14(2)9-12-32-23-28-18(20-21(25)30-31-11-4-10-26-22(20)31)13-19(29-23)27-15(3)16-5-7-17(24)8-6-16/h4-11,13,15H,12H2,1-3H3,(H2,25,30)(H,27,28,29)/t15-/m0/s1. The molecule has 0 aliphatic rings. The van der Waals surface area contributed by atoms with E-state index < -0.39 is 0 Å². The molecule has 0 amide bonds. The van der Waals surface area contributed by atoms with Crippen LogP contribution in [0.3, 0.4) is 0 Å². The third-order valence-electron chi connectivity index (χ3n) is 4.82. The summed E-state index contributed by atoms with van der Waals surface area (Å²) < 4.78 is 20.7. The molecule has 8 nitrogen and oxygen atoms in total. The van der Waals surface area contributed by atoms with Crippen LogP contribution in [-0.2, 0) is 0 Å². The van der Waals surface area contributed by atoms with Gasteiger partial charge in [-0.25, -0.2) is 13.9 Å². The van der Waals surface area contributed by atoms with Gasteiger partial charge in [0.2, 0.25) is 0 Å². The maximum absolute atomic E-state index is 13.3. The van der Waals surface area contributed by atoms with E-state index in [1.54, 1.807) is 41.2 Å². The van der Waals surface area contributed by atoms with Crippen LogP contribution in [0.5, 0.6) is 6.01 Å². The minimum Gasteiger partial charge on any atom is -0.459 e. The quantitative estimate of drug-likeness (QED) is 0.416. The number of hydrogen-bond donors (Lipinski definition) is 2. The van der Waals surface area contributed by atoms with E-state index >= 15 is 0 Å². The normalized spacial score (nSPS) is 11.9. The second-order valence-corrected chi connectivity index (χ2v) is 7.58. The molecule has 3 aromatic heterocycles. The number of rotatable bonds is 7. The lowest BCUT2D eigenvalue weighted by Crippen LogP contribution is -2.10. The molecule has 0 unspecified atom stereocenters. The molecule has 0 aliphatic heterocycles. The molecular formula is C23H24FN7O. The van der Waals surface area contributed by atoms with Gasteiger partial charge in [-0.1, -0.05) is 17.7 Å². The second kappa shape index (κ2) is 9.01. The first-order valence-corrected chi connectivity index (χ1v) is 10.2. The van der Waals surface area contributed by atoms with E-state index in [-0.39, 0.29) is 17.9 Å². The summed E-state index contributed by atoms with van der Waals surface area (Å²) in [5.41, 5.74) is 9.94. The average molecular weight is 433 g/mol. The molecule has 0 aliphatic carbocycles. The topological polar surface area (TPSA) is 103 Å². The number of nitrogens with zero attached hydrogens (tertiary/aromatic N) is 5. The third-order valence-corrected chi connectivity index (χ3v) is 4.82. The number of ether oxygens (including phenoxy) is 1. The van der Waals surface area contributed by atoms with Gasteiger partial charge in [-0.05, 0) is 50.6 Å². The minimum absolute atomic E-state index is 0.136. The molecule has 0 radical (unpaired) electrons. The van der Waals surface area contributed by atoms with Gasteiger partial charge in [0.05, 0.1) is 11.3 Å². The monoisotopic (exact) mass is 433 g/mol. The van der Waals surface area contributed by atoms with Crippen molar-refractivity contribution in [3.05, 3.63) is 71.8 Å².